The van der Waals surface area contributed by atoms with Crippen LogP contribution in [0.4, 0.5) is 0 Å². The molecule has 0 bridgehead atoms. The van der Waals surface area contributed by atoms with Gasteiger partial charge in [-0.3, -0.25) is 9.59 Å². The van der Waals surface area contributed by atoms with Crippen molar-refractivity contribution in [2.45, 2.75) is 19.4 Å². The van der Waals surface area contributed by atoms with Crippen LogP contribution in [0.15, 0.2) is 22.7 Å². The SMILES string of the molecule is CCOc1cc(Br)ccc1C(=O)N[C@@H](CC(=O)OC)C(=O)OC. The van der Waals surface area contributed by atoms with Crippen molar-refractivity contribution in [3.05, 3.63) is 28.2 Å². The third-order valence-corrected chi connectivity index (χ3v) is 3.37. The second kappa shape index (κ2) is 9.14. The van der Waals surface area contributed by atoms with Crippen LogP contribution >= 0.6 is 15.9 Å². The third-order valence-electron chi connectivity index (χ3n) is 2.88. The molecule has 0 aliphatic carbocycles. The Morgan fingerprint density at radius 2 is 1.91 bits per heavy atom. The molecule has 7 nitrogen and oxygen atoms in total. The van der Waals surface area contributed by atoms with Crippen molar-refractivity contribution in [1.82, 2.24) is 5.32 Å². The van der Waals surface area contributed by atoms with Gasteiger partial charge in [0.25, 0.3) is 5.91 Å². The molecular weight excluding hydrogens is 370 g/mol. The number of amides is 1. The van der Waals surface area contributed by atoms with Crippen molar-refractivity contribution in [2.24, 2.45) is 0 Å². The maximum atomic E-state index is 12.4. The summed E-state index contributed by atoms with van der Waals surface area (Å²) in [5.74, 6) is -1.57. The summed E-state index contributed by atoms with van der Waals surface area (Å²) < 4.78 is 15.3. The lowest BCUT2D eigenvalue weighted by Gasteiger charge is -2.17. The molecule has 1 amide bonds. The molecule has 0 aromatic heterocycles. The van der Waals surface area contributed by atoms with E-state index in [1.165, 1.54) is 14.2 Å². The Bertz CT molecular complexity index is 589. The summed E-state index contributed by atoms with van der Waals surface area (Å²) >= 11 is 3.30. The summed E-state index contributed by atoms with van der Waals surface area (Å²) in [7, 11) is 2.37. The van der Waals surface area contributed by atoms with E-state index < -0.39 is 23.9 Å². The first-order chi connectivity index (χ1) is 10.9. The van der Waals surface area contributed by atoms with Gasteiger partial charge in [0.15, 0.2) is 0 Å². The fourth-order valence-corrected chi connectivity index (χ4v) is 2.12. The van der Waals surface area contributed by atoms with Crippen LogP contribution in [-0.2, 0) is 19.1 Å². The van der Waals surface area contributed by atoms with E-state index in [1.807, 2.05) is 0 Å². The van der Waals surface area contributed by atoms with Gasteiger partial charge in [-0.15, -0.1) is 0 Å². The Labute approximate surface area is 142 Å². The van der Waals surface area contributed by atoms with Gasteiger partial charge in [0.2, 0.25) is 0 Å². The molecule has 1 N–H and O–H groups in total. The molecule has 126 valence electrons. The average Bonchev–Trinajstić information content (AvgIpc) is 2.53. The topological polar surface area (TPSA) is 90.9 Å². The van der Waals surface area contributed by atoms with Crippen LogP contribution in [0.2, 0.25) is 0 Å². The van der Waals surface area contributed by atoms with Crippen molar-refractivity contribution in [3.63, 3.8) is 0 Å². The van der Waals surface area contributed by atoms with Crippen molar-refractivity contribution < 1.29 is 28.6 Å². The van der Waals surface area contributed by atoms with Gasteiger partial charge in [-0.2, -0.15) is 0 Å². The van der Waals surface area contributed by atoms with E-state index in [1.54, 1.807) is 25.1 Å². The number of ether oxygens (including phenoxy) is 3. The van der Waals surface area contributed by atoms with Gasteiger partial charge >= 0.3 is 11.9 Å². The molecule has 0 fully saturated rings. The quantitative estimate of drug-likeness (QED) is 0.715. The Morgan fingerprint density at radius 1 is 1.22 bits per heavy atom. The van der Waals surface area contributed by atoms with Crippen molar-refractivity contribution in [2.75, 3.05) is 20.8 Å². The highest BCUT2D eigenvalue weighted by molar-refractivity contribution is 9.10. The van der Waals surface area contributed by atoms with E-state index in [4.69, 9.17) is 4.74 Å². The molecule has 23 heavy (non-hydrogen) atoms. The fourth-order valence-electron chi connectivity index (χ4n) is 1.78. The highest BCUT2D eigenvalue weighted by Gasteiger charge is 2.26. The molecule has 0 aliphatic rings. The number of esters is 2. The maximum Gasteiger partial charge on any atom is 0.328 e. The maximum absolute atomic E-state index is 12.4. The van der Waals surface area contributed by atoms with E-state index >= 15 is 0 Å². The van der Waals surface area contributed by atoms with Gasteiger partial charge in [0, 0.05) is 4.47 Å². The number of methoxy groups -OCH3 is 2. The average molecular weight is 388 g/mol. The number of benzene rings is 1. The number of rotatable bonds is 7. The third kappa shape index (κ3) is 5.55. The lowest BCUT2D eigenvalue weighted by molar-refractivity contribution is -0.149. The number of hydrogen-bond donors (Lipinski definition) is 1. The van der Waals surface area contributed by atoms with Crippen LogP contribution < -0.4 is 10.1 Å². The molecule has 0 aliphatic heterocycles. The molecule has 1 rings (SSSR count). The van der Waals surface area contributed by atoms with Gasteiger partial charge in [0.05, 0.1) is 32.8 Å². The summed E-state index contributed by atoms with van der Waals surface area (Å²) in [6.45, 7) is 2.16. The second-order valence-corrected chi connectivity index (χ2v) is 5.32. The van der Waals surface area contributed by atoms with Gasteiger partial charge in [0.1, 0.15) is 11.8 Å². The molecule has 0 heterocycles. The van der Waals surface area contributed by atoms with E-state index in [2.05, 4.69) is 30.7 Å². The number of carbonyl (C=O) groups is 3. The van der Waals surface area contributed by atoms with Crippen LogP contribution in [-0.4, -0.2) is 44.7 Å². The molecule has 0 saturated heterocycles. The molecule has 0 saturated carbocycles. The number of nitrogens with one attached hydrogen (secondary N) is 1. The minimum atomic E-state index is -1.14. The first-order valence-electron chi connectivity index (χ1n) is 6.80. The largest absolute Gasteiger partial charge is 0.493 e. The zero-order valence-electron chi connectivity index (χ0n) is 13.1. The fraction of sp³-hybridized carbons (Fsp3) is 0.400. The van der Waals surface area contributed by atoms with Crippen molar-refractivity contribution in [1.29, 1.82) is 0 Å². The van der Waals surface area contributed by atoms with Crippen LogP contribution in [0, 0.1) is 0 Å². The molecule has 0 spiro atoms. The van der Waals surface area contributed by atoms with Gasteiger partial charge in [-0.1, -0.05) is 15.9 Å². The smallest absolute Gasteiger partial charge is 0.328 e. The number of carbonyl (C=O) groups excluding carboxylic acids is 3. The van der Waals surface area contributed by atoms with Crippen LogP contribution in [0.25, 0.3) is 0 Å². The predicted octanol–water partition coefficient (Wildman–Crippen LogP) is 1.68. The Hall–Kier alpha value is -2.09. The second-order valence-electron chi connectivity index (χ2n) is 4.40. The predicted molar refractivity (Wildman–Crippen MR) is 85.2 cm³/mol. The molecule has 1 atom stereocenters. The highest BCUT2D eigenvalue weighted by Crippen LogP contribution is 2.24. The van der Waals surface area contributed by atoms with Crippen LogP contribution in [0.5, 0.6) is 5.75 Å². The minimum absolute atomic E-state index is 0.244. The zero-order chi connectivity index (χ0) is 17.4. The molecule has 8 heteroatoms. The Morgan fingerprint density at radius 3 is 2.48 bits per heavy atom. The van der Waals surface area contributed by atoms with Gasteiger partial charge < -0.3 is 19.5 Å². The van der Waals surface area contributed by atoms with Crippen LogP contribution in [0.1, 0.15) is 23.7 Å². The Kier molecular flexibility index (Phi) is 7.53. The summed E-state index contributed by atoms with van der Waals surface area (Å²) in [4.78, 5) is 35.5. The number of halogens is 1. The molecule has 1 aromatic rings. The lowest BCUT2D eigenvalue weighted by atomic mass is 10.1. The summed E-state index contributed by atoms with van der Waals surface area (Å²) in [5, 5.41) is 2.46. The molecule has 0 unspecified atom stereocenters. The molecule has 0 radical (unpaired) electrons. The van der Waals surface area contributed by atoms with Gasteiger partial charge in [-0.05, 0) is 25.1 Å². The summed E-state index contributed by atoms with van der Waals surface area (Å²) in [6.07, 6.45) is -0.324. The van der Waals surface area contributed by atoms with Crippen LogP contribution in [0.3, 0.4) is 0 Å². The standard InChI is InChI=1S/C15H18BrNO6/c1-4-23-12-7-9(16)5-6-10(12)14(19)17-11(15(20)22-3)8-13(18)21-2/h5-7,11H,4,8H2,1-3H3,(H,17,19)/t11-/m0/s1. The summed E-state index contributed by atoms with van der Waals surface area (Å²) in [6, 6.07) is 3.73. The molecular formula is C15H18BrNO6. The minimum Gasteiger partial charge on any atom is -0.493 e. The summed E-state index contributed by atoms with van der Waals surface area (Å²) in [5.41, 5.74) is 0.244. The first-order valence-corrected chi connectivity index (χ1v) is 7.60. The van der Waals surface area contributed by atoms with Crippen molar-refractivity contribution >= 4 is 33.8 Å². The van der Waals surface area contributed by atoms with Crippen molar-refractivity contribution in [3.8, 4) is 5.75 Å². The highest BCUT2D eigenvalue weighted by atomic mass is 79.9. The van der Waals surface area contributed by atoms with E-state index in [0.29, 0.717) is 12.4 Å². The lowest BCUT2D eigenvalue weighted by Crippen LogP contribution is -2.43. The monoisotopic (exact) mass is 387 g/mol. The molecule has 1 aromatic carbocycles. The van der Waals surface area contributed by atoms with E-state index in [-0.39, 0.29) is 12.0 Å². The van der Waals surface area contributed by atoms with E-state index in [9.17, 15) is 14.4 Å². The van der Waals surface area contributed by atoms with E-state index in [0.717, 1.165) is 4.47 Å². The van der Waals surface area contributed by atoms with Gasteiger partial charge in [-0.25, -0.2) is 4.79 Å². The Balaban J connectivity index is 2.98. The zero-order valence-corrected chi connectivity index (χ0v) is 14.6. The first kappa shape index (κ1) is 19.0. The number of hydrogen-bond acceptors (Lipinski definition) is 6. The normalized spacial score (nSPS) is 11.3.